The number of sulfonamides is 1. The summed E-state index contributed by atoms with van der Waals surface area (Å²) in [4.78, 5) is 0.829. The Kier molecular flexibility index (Phi) is 5.59. The molecular weight excluding hydrogens is 326 g/mol. The number of aliphatic hydroxyl groups excluding tert-OH is 1. The van der Waals surface area contributed by atoms with E-state index in [0.717, 1.165) is 12.8 Å². The number of halogens is 1. The second-order valence-corrected chi connectivity index (χ2v) is 7.96. The average Bonchev–Trinajstić information content (AvgIpc) is 2.60. The third kappa shape index (κ3) is 4.03. The Morgan fingerprint density at radius 3 is 2.71 bits per heavy atom. The molecule has 1 aromatic heterocycles. The molecule has 0 spiro atoms. The van der Waals surface area contributed by atoms with Crippen LogP contribution in [0.5, 0.6) is 0 Å². The van der Waals surface area contributed by atoms with E-state index in [-0.39, 0.29) is 17.5 Å². The van der Waals surface area contributed by atoms with Crippen molar-refractivity contribution in [2.45, 2.75) is 44.2 Å². The fourth-order valence-electron chi connectivity index (χ4n) is 1.48. The van der Waals surface area contributed by atoms with Crippen molar-refractivity contribution < 1.29 is 13.5 Å². The van der Waals surface area contributed by atoms with Crippen molar-refractivity contribution in [3.63, 3.8) is 0 Å². The summed E-state index contributed by atoms with van der Waals surface area (Å²) >= 11 is 4.44. The number of thiophene rings is 1. The lowest BCUT2D eigenvalue weighted by Gasteiger charge is -2.12. The van der Waals surface area contributed by atoms with Gasteiger partial charge in [-0.15, -0.1) is 11.3 Å². The van der Waals surface area contributed by atoms with Crippen molar-refractivity contribution in [2.24, 2.45) is 0 Å². The molecule has 0 amide bonds. The van der Waals surface area contributed by atoms with Crippen LogP contribution >= 0.6 is 27.3 Å². The average molecular weight is 342 g/mol. The smallest absolute Gasteiger partial charge is 0.242 e. The highest BCUT2D eigenvalue weighted by Gasteiger charge is 2.22. The highest BCUT2D eigenvalue weighted by Crippen LogP contribution is 2.31. The minimum Gasteiger partial charge on any atom is -0.391 e. The van der Waals surface area contributed by atoms with E-state index >= 15 is 0 Å². The van der Waals surface area contributed by atoms with E-state index in [4.69, 9.17) is 5.11 Å². The molecule has 0 fully saturated rings. The summed E-state index contributed by atoms with van der Waals surface area (Å²) in [6.45, 7) is 3.70. The molecule has 0 saturated heterocycles. The first-order valence-electron chi connectivity index (χ1n) is 5.32. The first-order chi connectivity index (χ1) is 7.90. The van der Waals surface area contributed by atoms with Gasteiger partial charge in [-0.25, -0.2) is 13.1 Å². The first-order valence-corrected chi connectivity index (χ1v) is 8.41. The summed E-state index contributed by atoms with van der Waals surface area (Å²) in [5.74, 6) is 0. The Balaban J connectivity index is 2.92. The van der Waals surface area contributed by atoms with Crippen molar-refractivity contribution >= 4 is 37.3 Å². The molecule has 17 heavy (non-hydrogen) atoms. The standard InChI is InChI=1S/C10H16BrNO3S2/c1-3-4-7(2)12-17(14,15)9-5-8(6-13)16-10(9)11/h5,7,12-13H,3-4,6H2,1-2H3. The summed E-state index contributed by atoms with van der Waals surface area (Å²) in [6, 6.07) is 1.41. The van der Waals surface area contributed by atoms with Crippen LogP contribution in [-0.2, 0) is 16.6 Å². The van der Waals surface area contributed by atoms with E-state index in [9.17, 15) is 8.42 Å². The van der Waals surface area contributed by atoms with E-state index < -0.39 is 10.0 Å². The lowest BCUT2D eigenvalue weighted by atomic mass is 10.2. The normalized spacial score (nSPS) is 13.9. The Morgan fingerprint density at radius 2 is 2.24 bits per heavy atom. The molecule has 1 atom stereocenters. The summed E-state index contributed by atoms with van der Waals surface area (Å²) in [5.41, 5.74) is 0. The van der Waals surface area contributed by atoms with E-state index in [1.165, 1.54) is 17.4 Å². The molecule has 0 bridgehead atoms. The fraction of sp³-hybridized carbons (Fsp3) is 0.600. The summed E-state index contributed by atoms with van der Waals surface area (Å²) < 4.78 is 27.2. The Hall–Kier alpha value is 0.0500. The van der Waals surface area contributed by atoms with Crippen LogP contribution in [0.15, 0.2) is 14.7 Å². The zero-order valence-corrected chi connectivity index (χ0v) is 13.0. The van der Waals surface area contributed by atoms with Crippen molar-refractivity contribution in [1.82, 2.24) is 4.72 Å². The van der Waals surface area contributed by atoms with Gasteiger partial charge in [0.2, 0.25) is 10.0 Å². The van der Waals surface area contributed by atoms with Gasteiger partial charge in [0.15, 0.2) is 0 Å². The number of rotatable bonds is 6. The first kappa shape index (κ1) is 15.1. The molecule has 0 saturated carbocycles. The van der Waals surface area contributed by atoms with Gasteiger partial charge in [-0.05, 0) is 35.3 Å². The number of hydrogen-bond donors (Lipinski definition) is 2. The Labute approximate surface area is 114 Å². The summed E-state index contributed by atoms with van der Waals surface area (Å²) in [6.07, 6.45) is 1.73. The molecule has 1 heterocycles. The molecule has 0 aliphatic heterocycles. The molecule has 1 unspecified atom stereocenters. The number of aliphatic hydroxyl groups is 1. The third-order valence-electron chi connectivity index (χ3n) is 2.23. The van der Waals surface area contributed by atoms with Crippen molar-refractivity contribution in [1.29, 1.82) is 0 Å². The minimum absolute atomic E-state index is 0.0885. The SMILES string of the molecule is CCCC(C)NS(=O)(=O)c1cc(CO)sc1Br. The van der Waals surface area contributed by atoms with Crippen LogP contribution in [0.4, 0.5) is 0 Å². The van der Waals surface area contributed by atoms with Gasteiger partial charge < -0.3 is 5.11 Å². The van der Waals surface area contributed by atoms with Gasteiger partial charge in [-0.1, -0.05) is 13.3 Å². The second-order valence-electron chi connectivity index (χ2n) is 3.82. The predicted octanol–water partition coefficient (Wildman–Crippen LogP) is 2.47. The van der Waals surface area contributed by atoms with E-state index in [2.05, 4.69) is 20.7 Å². The third-order valence-corrected chi connectivity index (χ3v) is 6.06. The van der Waals surface area contributed by atoms with Crippen LogP contribution in [0, 0.1) is 0 Å². The van der Waals surface area contributed by atoms with Gasteiger partial charge in [-0.2, -0.15) is 0 Å². The number of nitrogens with one attached hydrogen (secondary N) is 1. The molecule has 0 aliphatic carbocycles. The lowest BCUT2D eigenvalue weighted by Crippen LogP contribution is -2.32. The Morgan fingerprint density at radius 1 is 1.59 bits per heavy atom. The molecule has 0 aromatic carbocycles. The second kappa shape index (κ2) is 6.29. The maximum atomic E-state index is 12.1. The summed E-state index contributed by atoms with van der Waals surface area (Å²) in [5, 5.41) is 8.98. The quantitative estimate of drug-likeness (QED) is 0.835. The highest BCUT2D eigenvalue weighted by molar-refractivity contribution is 9.11. The van der Waals surface area contributed by atoms with Crippen molar-refractivity contribution in [3.8, 4) is 0 Å². The van der Waals surface area contributed by atoms with Gasteiger partial charge in [0.25, 0.3) is 0 Å². The molecule has 0 aliphatic rings. The fourth-order valence-corrected chi connectivity index (χ4v) is 5.30. The van der Waals surface area contributed by atoms with E-state index in [1.54, 1.807) is 0 Å². The maximum Gasteiger partial charge on any atom is 0.242 e. The molecule has 2 N–H and O–H groups in total. The largest absolute Gasteiger partial charge is 0.391 e. The Bertz CT molecular complexity index is 470. The van der Waals surface area contributed by atoms with Crippen molar-refractivity contribution in [3.05, 3.63) is 14.7 Å². The molecule has 0 radical (unpaired) electrons. The molecule has 1 rings (SSSR count). The van der Waals surface area contributed by atoms with Crippen LogP contribution < -0.4 is 4.72 Å². The van der Waals surface area contributed by atoms with Crippen LogP contribution in [0.3, 0.4) is 0 Å². The zero-order valence-electron chi connectivity index (χ0n) is 9.73. The van der Waals surface area contributed by atoms with Gasteiger partial charge in [0, 0.05) is 10.9 Å². The zero-order chi connectivity index (χ0) is 13.1. The van der Waals surface area contributed by atoms with Gasteiger partial charge >= 0.3 is 0 Å². The van der Waals surface area contributed by atoms with Crippen molar-refractivity contribution in [2.75, 3.05) is 0 Å². The number of hydrogen-bond acceptors (Lipinski definition) is 4. The minimum atomic E-state index is -3.50. The van der Waals surface area contributed by atoms with Gasteiger partial charge in [-0.3, -0.25) is 0 Å². The van der Waals surface area contributed by atoms with Crippen LogP contribution in [0.2, 0.25) is 0 Å². The van der Waals surface area contributed by atoms with Gasteiger partial charge in [0.1, 0.15) is 4.90 Å². The molecular formula is C10H16BrNO3S2. The highest BCUT2D eigenvalue weighted by atomic mass is 79.9. The van der Waals surface area contributed by atoms with Crippen LogP contribution in [0.25, 0.3) is 0 Å². The molecule has 4 nitrogen and oxygen atoms in total. The van der Waals surface area contributed by atoms with E-state index in [0.29, 0.717) is 8.66 Å². The van der Waals surface area contributed by atoms with Crippen LogP contribution in [-0.4, -0.2) is 19.6 Å². The molecule has 7 heteroatoms. The molecule has 1 aromatic rings. The predicted molar refractivity (Wildman–Crippen MR) is 72.6 cm³/mol. The van der Waals surface area contributed by atoms with Gasteiger partial charge in [0.05, 0.1) is 10.4 Å². The maximum absolute atomic E-state index is 12.1. The lowest BCUT2D eigenvalue weighted by molar-refractivity contribution is 0.285. The topological polar surface area (TPSA) is 66.4 Å². The van der Waals surface area contributed by atoms with E-state index in [1.807, 2.05) is 13.8 Å². The monoisotopic (exact) mass is 341 g/mol. The summed E-state index contributed by atoms with van der Waals surface area (Å²) in [7, 11) is -3.50. The molecule has 98 valence electrons. The van der Waals surface area contributed by atoms with Crippen LogP contribution in [0.1, 0.15) is 31.6 Å².